The number of carbonyl (C=O) groups excluding carboxylic acids is 1. The normalized spacial score (nSPS) is 11.1. The van der Waals surface area contributed by atoms with Crippen LogP contribution in [0.1, 0.15) is 15.9 Å². The summed E-state index contributed by atoms with van der Waals surface area (Å²) in [5.41, 5.74) is 0.824. The summed E-state index contributed by atoms with van der Waals surface area (Å²) in [5.74, 6) is -0.515. The van der Waals surface area contributed by atoms with Crippen molar-refractivity contribution in [2.75, 3.05) is 7.11 Å². The topological polar surface area (TPSA) is 60.7 Å². The van der Waals surface area contributed by atoms with Gasteiger partial charge in [0, 0.05) is 21.4 Å². The minimum absolute atomic E-state index is 0.292. The first-order valence-corrected chi connectivity index (χ1v) is 7.92. The van der Waals surface area contributed by atoms with E-state index in [1.165, 1.54) is 13.3 Å². The molecule has 0 spiro atoms. The highest BCUT2D eigenvalue weighted by Gasteiger charge is 2.14. The van der Waals surface area contributed by atoms with Crippen LogP contribution in [0.5, 0.6) is 0 Å². The number of pyridine rings is 1. The molecule has 0 aliphatic heterocycles. The summed E-state index contributed by atoms with van der Waals surface area (Å²) in [6.07, 6.45) is 2.95. The number of aromatic nitrogens is 1. The molecular formula is C18H13BrN2O3. The number of fused-ring (bicyclic) bond motifs is 1. The molecule has 0 aliphatic carbocycles. The van der Waals surface area contributed by atoms with Gasteiger partial charge in [0.25, 0.3) is 5.56 Å². The average Bonchev–Trinajstić information content (AvgIpc) is 2.62. The number of methoxy groups -OCH3 is 1. The molecule has 120 valence electrons. The van der Waals surface area contributed by atoms with Crippen molar-refractivity contribution in [2.24, 2.45) is 5.10 Å². The maximum atomic E-state index is 12.6. The summed E-state index contributed by atoms with van der Waals surface area (Å²) in [4.78, 5) is 24.6. The van der Waals surface area contributed by atoms with Crippen LogP contribution in [0.4, 0.5) is 0 Å². The summed E-state index contributed by atoms with van der Waals surface area (Å²) >= 11 is 3.36. The van der Waals surface area contributed by atoms with Crippen molar-refractivity contribution in [3.63, 3.8) is 0 Å². The van der Waals surface area contributed by atoms with Crippen LogP contribution < -0.4 is 5.56 Å². The molecule has 3 aromatic rings. The van der Waals surface area contributed by atoms with Gasteiger partial charge < -0.3 is 4.74 Å². The van der Waals surface area contributed by atoms with Crippen LogP contribution in [-0.4, -0.2) is 24.0 Å². The first-order chi connectivity index (χ1) is 11.6. The van der Waals surface area contributed by atoms with Crippen LogP contribution in [0.3, 0.4) is 0 Å². The zero-order chi connectivity index (χ0) is 17.1. The van der Waals surface area contributed by atoms with Gasteiger partial charge >= 0.3 is 5.97 Å². The summed E-state index contributed by atoms with van der Waals surface area (Å²) in [6.45, 7) is 0. The summed E-state index contributed by atoms with van der Waals surface area (Å²) in [5, 5.41) is 5.15. The van der Waals surface area contributed by atoms with E-state index < -0.39 is 5.97 Å². The zero-order valence-electron chi connectivity index (χ0n) is 12.8. The molecule has 0 radical (unpaired) electrons. The molecule has 0 bridgehead atoms. The Morgan fingerprint density at radius 2 is 1.79 bits per heavy atom. The molecule has 0 aliphatic rings. The van der Waals surface area contributed by atoms with Crippen LogP contribution in [-0.2, 0) is 4.74 Å². The molecule has 0 unspecified atom stereocenters. The Hall–Kier alpha value is -2.73. The molecule has 1 heterocycles. The smallest absolute Gasteiger partial charge is 0.340 e. The molecule has 24 heavy (non-hydrogen) atoms. The van der Waals surface area contributed by atoms with Crippen molar-refractivity contribution in [1.82, 2.24) is 4.68 Å². The third kappa shape index (κ3) is 3.14. The van der Waals surface area contributed by atoms with Gasteiger partial charge in [-0.05, 0) is 23.8 Å². The third-order valence-electron chi connectivity index (χ3n) is 3.51. The predicted octanol–water partition coefficient (Wildman–Crippen LogP) is 3.43. The third-order valence-corrected chi connectivity index (χ3v) is 4.04. The van der Waals surface area contributed by atoms with E-state index in [2.05, 4.69) is 21.0 Å². The van der Waals surface area contributed by atoms with E-state index in [0.29, 0.717) is 16.3 Å². The Morgan fingerprint density at radius 3 is 2.46 bits per heavy atom. The van der Waals surface area contributed by atoms with E-state index in [1.807, 2.05) is 24.3 Å². The van der Waals surface area contributed by atoms with E-state index in [-0.39, 0.29) is 5.56 Å². The van der Waals surface area contributed by atoms with E-state index in [1.54, 1.807) is 30.5 Å². The molecule has 3 rings (SSSR count). The maximum Gasteiger partial charge on any atom is 0.340 e. The number of hydrogen-bond donors (Lipinski definition) is 0. The highest BCUT2D eigenvalue weighted by Crippen LogP contribution is 2.16. The van der Waals surface area contributed by atoms with E-state index >= 15 is 0 Å². The fraction of sp³-hybridized carbons (Fsp3) is 0.0556. The lowest BCUT2D eigenvalue weighted by Crippen LogP contribution is -2.19. The standard InChI is InChI=1S/C18H13BrN2O3/c1-24-18(23)16-11-21(17(22)15-5-3-2-4-14(15)16)20-10-12-6-8-13(19)9-7-12/h2-11H,1H3/b20-10+. The summed E-state index contributed by atoms with van der Waals surface area (Å²) in [7, 11) is 1.30. The lowest BCUT2D eigenvalue weighted by atomic mass is 10.1. The molecule has 6 heteroatoms. The average molecular weight is 385 g/mol. The van der Waals surface area contributed by atoms with Gasteiger partial charge in [0.2, 0.25) is 0 Å². The van der Waals surface area contributed by atoms with Crippen LogP contribution >= 0.6 is 15.9 Å². The van der Waals surface area contributed by atoms with Gasteiger partial charge in [0.15, 0.2) is 0 Å². The number of halogens is 1. The van der Waals surface area contributed by atoms with Gasteiger partial charge in [-0.15, -0.1) is 0 Å². The fourth-order valence-corrected chi connectivity index (χ4v) is 2.58. The van der Waals surface area contributed by atoms with Gasteiger partial charge in [-0.1, -0.05) is 46.3 Å². The lowest BCUT2D eigenvalue weighted by molar-refractivity contribution is 0.0602. The molecule has 0 atom stereocenters. The van der Waals surface area contributed by atoms with Gasteiger partial charge in [-0.25, -0.2) is 9.47 Å². The SMILES string of the molecule is COC(=O)c1cn(/N=C/c2ccc(Br)cc2)c(=O)c2ccccc12. The molecule has 1 aromatic heterocycles. The minimum atomic E-state index is -0.515. The van der Waals surface area contributed by atoms with Crippen molar-refractivity contribution in [3.8, 4) is 0 Å². The summed E-state index contributed by atoms with van der Waals surface area (Å²) in [6, 6.07) is 14.4. The Labute approximate surface area is 146 Å². The minimum Gasteiger partial charge on any atom is -0.465 e. The Bertz CT molecular complexity index is 991. The number of nitrogens with zero attached hydrogens (tertiary/aromatic N) is 2. The second-order valence-electron chi connectivity index (χ2n) is 5.03. The Kier molecular flexibility index (Phi) is 4.57. The molecule has 0 amide bonds. The van der Waals surface area contributed by atoms with Crippen LogP contribution in [0.15, 0.2) is 69.1 Å². The molecule has 5 nitrogen and oxygen atoms in total. The molecular weight excluding hydrogens is 372 g/mol. The highest BCUT2D eigenvalue weighted by atomic mass is 79.9. The van der Waals surface area contributed by atoms with Gasteiger partial charge in [-0.3, -0.25) is 4.79 Å². The van der Waals surface area contributed by atoms with Crippen molar-refractivity contribution in [2.45, 2.75) is 0 Å². The molecule has 0 fully saturated rings. The van der Waals surface area contributed by atoms with Gasteiger partial charge in [-0.2, -0.15) is 5.10 Å². The number of benzene rings is 2. The Morgan fingerprint density at radius 1 is 1.12 bits per heavy atom. The van der Waals surface area contributed by atoms with Crippen molar-refractivity contribution in [3.05, 3.63) is 80.7 Å². The molecule has 0 saturated heterocycles. The van der Waals surface area contributed by atoms with Crippen LogP contribution in [0, 0.1) is 0 Å². The Balaban J connectivity index is 2.14. The van der Waals surface area contributed by atoms with E-state index in [0.717, 1.165) is 14.7 Å². The first kappa shape index (κ1) is 16.1. The van der Waals surface area contributed by atoms with Gasteiger partial charge in [0.05, 0.1) is 18.9 Å². The molecule has 0 N–H and O–H groups in total. The van der Waals surface area contributed by atoms with Crippen LogP contribution in [0.2, 0.25) is 0 Å². The van der Waals surface area contributed by atoms with Gasteiger partial charge in [0.1, 0.15) is 0 Å². The number of carbonyl (C=O) groups is 1. The maximum absolute atomic E-state index is 12.6. The number of ether oxygens (including phenoxy) is 1. The fourth-order valence-electron chi connectivity index (χ4n) is 2.31. The predicted molar refractivity (Wildman–Crippen MR) is 96.7 cm³/mol. The monoisotopic (exact) mass is 384 g/mol. The van der Waals surface area contributed by atoms with Crippen molar-refractivity contribution < 1.29 is 9.53 Å². The largest absolute Gasteiger partial charge is 0.465 e. The second-order valence-corrected chi connectivity index (χ2v) is 5.94. The first-order valence-electron chi connectivity index (χ1n) is 7.13. The van der Waals surface area contributed by atoms with E-state index in [9.17, 15) is 9.59 Å². The number of rotatable bonds is 3. The second kappa shape index (κ2) is 6.80. The highest BCUT2D eigenvalue weighted by molar-refractivity contribution is 9.10. The summed E-state index contributed by atoms with van der Waals surface area (Å²) < 4.78 is 6.91. The van der Waals surface area contributed by atoms with E-state index in [4.69, 9.17) is 4.74 Å². The number of hydrogen-bond acceptors (Lipinski definition) is 4. The number of esters is 1. The molecule has 2 aromatic carbocycles. The molecule has 0 saturated carbocycles. The lowest BCUT2D eigenvalue weighted by Gasteiger charge is -2.07. The quantitative estimate of drug-likeness (QED) is 0.513. The van der Waals surface area contributed by atoms with Crippen molar-refractivity contribution >= 4 is 38.9 Å². The zero-order valence-corrected chi connectivity index (χ0v) is 14.4. The van der Waals surface area contributed by atoms with Crippen molar-refractivity contribution in [1.29, 1.82) is 0 Å². The van der Waals surface area contributed by atoms with Crippen LogP contribution in [0.25, 0.3) is 10.8 Å².